The molecule has 1 amide bonds. The lowest BCUT2D eigenvalue weighted by Gasteiger charge is -2.07. The largest absolute Gasteiger partial charge is 0.465 e. The molecule has 0 unspecified atom stereocenters. The molecule has 1 heterocycles. The first kappa shape index (κ1) is 18.4. The Morgan fingerprint density at radius 1 is 1.00 bits per heavy atom. The summed E-state index contributed by atoms with van der Waals surface area (Å²) in [7, 11) is 1.33. The highest BCUT2D eigenvalue weighted by Gasteiger charge is 2.14. The number of nitrogens with one attached hydrogen (secondary N) is 1. The molecule has 0 atom stereocenters. The van der Waals surface area contributed by atoms with Crippen LogP contribution in [-0.2, 0) is 29.2 Å². The number of imidazole rings is 1. The van der Waals surface area contributed by atoms with Crippen LogP contribution < -0.4 is 11.0 Å². The molecule has 7 nitrogen and oxygen atoms in total. The molecule has 0 aliphatic carbocycles. The van der Waals surface area contributed by atoms with Gasteiger partial charge < -0.3 is 10.1 Å². The molecule has 1 N–H and O–H groups in total. The second-order valence-corrected chi connectivity index (χ2v) is 6.07. The zero-order valence-corrected chi connectivity index (χ0v) is 15.3. The van der Waals surface area contributed by atoms with E-state index in [1.165, 1.54) is 11.7 Å². The average molecular weight is 367 g/mol. The number of carbonyl (C=O) groups excluding carboxylic acids is 2. The van der Waals surface area contributed by atoms with E-state index in [9.17, 15) is 14.4 Å². The van der Waals surface area contributed by atoms with E-state index in [2.05, 4.69) is 10.1 Å². The molecular weight excluding hydrogens is 346 g/mol. The van der Waals surface area contributed by atoms with Crippen molar-refractivity contribution >= 4 is 22.9 Å². The van der Waals surface area contributed by atoms with Crippen molar-refractivity contribution in [2.75, 3.05) is 7.11 Å². The summed E-state index contributed by atoms with van der Waals surface area (Å²) >= 11 is 0. The topological polar surface area (TPSA) is 82.3 Å². The Morgan fingerprint density at radius 3 is 2.22 bits per heavy atom. The number of para-hydroxylation sites is 2. The van der Waals surface area contributed by atoms with Crippen molar-refractivity contribution in [1.29, 1.82) is 0 Å². The molecule has 0 bridgehead atoms. The van der Waals surface area contributed by atoms with E-state index in [1.54, 1.807) is 28.8 Å². The Balaban J connectivity index is 1.70. The number of benzene rings is 2. The molecule has 3 rings (SSSR count). The number of rotatable bonds is 6. The van der Waals surface area contributed by atoms with Crippen LogP contribution in [0.2, 0.25) is 0 Å². The van der Waals surface area contributed by atoms with Crippen molar-refractivity contribution in [3.8, 4) is 0 Å². The average Bonchev–Trinajstić information content (AvgIpc) is 2.97. The number of amides is 1. The fourth-order valence-corrected chi connectivity index (χ4v) is 3.01. The Morgan fingerprint density at radius 2 is 1.63 bits per heavy atom. The van der Waals surface area contributed by atoms with Gasteiger partial charge >= 0.3 is 11.7 Å². The quantitative estimate of drug-likeness (QED) is 0.675. The smallest absolute Gasteiger partial charge is 0.337 e. The van der Waals surface area contributed by atoms with Crippen LogP contribution in [0.1, 0.15) is 22.8 Å². The highest BCUT2D eigenvalue weighted by atomic mass is 16.5. The third-order valence-electron chi connectivity index (χ3n) is 4.41. The summed E-state index contributed by atoms with van der Waals surface area (Å²) < 4.78 is 7.78. The van der Waals surface area contributed by atoms with Crippen LogP contribution >= 0.6 is 0 Å². The summed E-state index contributed by atoms with van der Waals surface area (Å²) in [5.41, 5.74) is 2.65. The zero-order valence-electron chi connectivity index (χ0n) is 15.3. The molecule has 0 saturated heterocycles. The number of hydrogen-bond donors (Lipinski definition) is 1. The van der Waals surface area contributed by atoms with Crippen LogP contribution in [0.3, 0.4) is 0 Å². The van der Waals surface area contributed by atoms with Crippen molar-refractivity contribution in [3.05, 3.63) is 70.1 Å². The summed E-state index contributed by atoms with van der Waals surface area (Å²) in [5.74, 6) is -0.662. The molecule has 0 radical (unpaired) electrons. The van der Waals surface area contributed by atoms with E-state index in [4.69, 9.17) is 0 Å². The Labute approximate surface area is 156 Å². The molecule has 140 valence electrons. The number of nitrogens with zero attached hydrogens (tertiary/aromatic N) is 2. The number of carbonyl (C=O) groups is 2. The minimum absolute atomic E-state index is 0.0490. The first-order valence-electron chi connectivity index (χ1n) is 8.67. The molecular formula is C20H21N3O4. The Bertz CT molecular complexity index is 1030. The van der Waals surface area contributed by atoms with E-state index < -0.39 is 5.97 Å². The predicted octanol–water partition coefficient (Wildman–Crippen LogP) is 1.93. The summed E-state index contributed by atoms with van der Waals surface area (Å²) in [6.07, 6.45) is 0. The van der Waals surface area contributed by atoms with Crippen LogP contribution in [-0.4, -0.2) is 28.1 Å². The van der Waals surface area contributed by atoms with Crippen LogP contribution in [0.25, 0.3) is 11.0 Å². The molecule has 0 saturated carbocycles. The maximum Gasteiger partial charge on any atom is 0.337 e. The second-order valence-electron chi connectivity index (χ2n) is 6.07. The van der Waals surface area contributed by atoms with Gasteiger partial charge in [-0.3, -0.25) is 13.9 Å². The second kappa shape index (κ2) is 7.90. The molecule has 3 aromatic rings. The van der Waals surface area contributed by atoms with E-state index >= 15 is 0 Å². The lowest BCUT2D eigenvalue weighted by Crippen LogP contribution is -2.32. The molecule has 27 heavy (non-hydrogen) atoms. The predicted molar refractivity (Wildman–Crippen MR) is 102 cm³/mol. The van der Waals surface area contributed by atoms with Gasteiger partial charge in [0, 0.05) is 13.1 Å². The van der Waals surface area contributed by atoms with Crippen molar-refractivity contribution in [1.82, 2.24) is 14.5 Å². The van der Waals surface area contributed by atoms with E-state index in [0.29, 0.717) is 18.7 Å². The number of fused-ring (bicyclic) bond motifs is 1. The van der Waals surface area contributed by atoms with Gasteiger partial charge in [-0.1, -0.05) is 24.3 Å². The zero-order chi connectivity index (χ0) is 19.4. The third-order valence-corrected chi connectivity index (χ3v) is 4.41. The molecule has 0 fully saturated rings. The van der Waals surface area contributed by atoms with Gasteiger partial charge in [0.2, 0.25) is 5.91 Å². The fourth-order valence-electron chi connectivity index (χ4n) is 3.01. The molecule has 7 heteroatoms. The minimum Gasteiger partial charge on any atom is -0.465 e. The van der Waals surface area contributed by atoms with Crippen molar-refractivity contribution < 1.29 is 14.3 Å². The van der Waals surface area contributed by atoms with Gasteiger partial charge in [0.25, 0.3) is 0 Å². The highest BCUT2D eigenvalue weighted by molar-refractivity contribution is 5.89. The lowest BCUT2D eigenvalue weighted by molar-refractivity contribution is -0.121. The molecule has 0 aliphatic heterocycles. The van der Waals surface area contributed by atoms with Crippen LogP contribution in [0.5, 0.6) is 0 Å². The SMILES string of the molecule is CCn1c(=O)n(CC(=O)NCc2ccc(C(=O)OC)cc2)c2ccccc21. The monoisotopic (exact) mass is 367 g/mol. The first-order chi connectivity index (χ1) is 13.0. The van der Waals surface area contributed by atoms with Gasteiger partial charge in [0.15, 0.2) is 0 Å². The minimum atomic E-state index is -0.405. The van der Waals surface area contributed by atoms with Crippen LogP contribution in [0.15, 0.2) is 53.3 Å². The molecule has 0 aliphatic rings. The van der Waals surface area contributed by atoms with E-state index in [0.717, 1.165) is 16.6 Å². The Hall–Kier alpha value is -3.35. The first-order valence-corrected chi connectivity index (χ1v) is 8.67. The van der Waals surface area contributed by atoms with Crippen molar-refractivity contribution in [2.24, 2.45) is 0 Å². The maximum atomic E-state index is 12.6. The normalized spacial score (nSPS) is 10.7. The highest BCUT2D eigenvalue weighted by Crippen LogP contribution is 2.12. The van der Waals surface area contributed by atoms with E-state index in [-0.39, 0.29) is 18.1 Å². The summed E-state index contributed by atoms with van der Waals surface area (Å²) in [6, 6.07) is 14.2. The standard InChI is InChI=1S/C20H21N3O4/c1-3-22-16-6-4-5-7-17(16)23(20(22)26)13-18(24)21-12-14-8-10-15(11-9-14)19(25)27-2/h4-11H,3,12-13H2,1-2H3,(H,21,24). The van der Waals surface area contributed by atoms with Gasteiger partial charge in [-0.15, -0.1) is 0 Å². The lowest BCUT2D eigenvalue weighted by atomic mass is 10.1. The number of hydrogen-bond acceptors (Lipinski definition) is 4. The van der Waals surface area contributed by atoms with E-state index in [1.807, 2.05) is 31.2 Å². The third kappa shape index (κ3) is 3.76. The van der Waals surface area contributed by atoms with Gasteiger partial charge in [0.05, 0.1) is 23.7 Å². The number of methoxy groups -OCH3 is 1. The summed E-state index contributed by atoms with van der Waals surface area (Å²) in [5, 5.41) is 2.81. The van der Waals surface area contributed by atoms with Crippen molar-refractivity contribution in [3.63, 3.8) is 0 Å². The maximum absolute atomic E-state index is 12.6. The fraction of sp³-hybridized carbons (Fsp3) is 0.250. The number of ether oxygens (including phenoxy) is 1. The van der Waals surface area contributed by atoms with Gasteiger partial charge in [-0.2, -0.15) is 0 Å². The van der Waals surface area contributed by atoms with Gasteiger partial charge in [0.1, 0.15) is 6.54 Å². The van der Waals surface area contributed by atoms with Gasteiger partial charge in [-0.05, 0) is 36.8 Å². The Kier molecular flexibility index (Phi) is 5.40. The van der Waals surface area contributed by atoms with Crippen molar-refractivity contribution in [2.45, 2.75) is 26.6 Å². The van der Waals surface area contributed by atoms with Crippen LogP contribution in [0, 0.1) is 0 Å². The van der Waals surface area contributed by atoms with Gasteiger partial charge in [-0.25, -0.2) is 9.59 Å². The number of aromatic nitrogens is 2. The summed E-state index contributed by atoms with van der Waals surface area (Å²) in [6.45, 7) is 2.70. The molecule has 0 spiro atoms. The number of aryl methyl sites for hydroxylation is 1. The molecule has 1 aromatic heterocycles. The number of esters is 1. The molecule has 2 aromatic carbocycles. The summed E-state index contributed by atoms with van der Waals surface area (Å²) in [4.78, 5) is 36.3. The van der Waals surface area contributed by atoms with Crippen LogP contribution in [0.4, 0.5) is 0 Å².